The molecule has 2 N–H and O–H groups in total. The molecule has 2 rings (SSSR count). The third-order valence-electron chi connectivity index (χ3n) is 3.08. The molecule has 0 saturated heterocycles. The van der Waals surface area contributed by atoms with Crippen LogP contribution in [0.5, 0.6) is 5.75 Å². The fourth-order valence-corrected chi connectivity index (χ4v) is 2.14. The van der Waals surface area contributed by atoms with Crippen LogP contribution in [-0.2, 0) is 32.2 Å². The number of ether oxygens (including phenoxy) is 5. The van der Waals surface area contributed by atoms with Crippen molar-refractivity contribution >= 4 is 5.69 Å². The van der Waals surface area contributed by atoms with Crippen LogP contribution in [0.2, 0.25) is 0 Å². The first-order valence-corrected chi connectivity index (χ1v) is 7.07. The lowest BCUT2D eigenvalue weighted by Crippen LogP contribution is -2.14. The molecule has 0 amide bonds. The van der Waals surface area contributed by atoms with Gasteiger partial charge in [0, 0.05) is 37.1 Å². The Balaban J connectivity index is 1.72. The van der Waals surface area contributed by atoms with E-state index in [9.17, 15) is 0 Å². The molecular weight excluding hydrogens is 274 g/mol. The Morgan fingerprint density at radius 1 is 1.14 bits per heavy atom. The summed E-state index contributed by atoms with van der Waals surface area (Å²) < 4.78 is 26.8. The minimum absolute atomic E-state index is 0.270. The monoisotopic (exact) mass is 297 g/mol. The van der Waals surface area contributed by atoms with Crippen LogP contribution in [0.4, 0.5) is 5.69 Å². The highest BCUT2D eigenvalue weighted by molar-refractivity contribution is 5.53. The number of hydrogen-bond donors (Lipinski definition) is 1. The molecule has 6 heteroatoms. The normalized spacial score (nSPS) is 13.8. The Hall–Kier alpha value is -1.34. The van der Waals surface area contributed by atoms with E-state index in [1.165, 1.54) is 0 Å². The van der Waals surface area contributed by atoms with Crippen LogP contribution in [0.15, 0.2) is 12.1 Å². The highest BCUT2D eigenvalue weighted by atomic mass is 16.7. The lowest BCUT2D eigenvalue weighted by atomic mass is 10.1. The number of fused-ring (bicyclic) bond motifs is 1. The second-order valence-corrected chi connectivity index (χ2v) is 4.79. The largest absolute Gasteiger partial charge is 0.467 e. The molecule has 1 aliphatic heterocycles. The molecule has 0 radical (unpaired) electrons. The Morgan fingerprint density at radius 2 is 2.00 bits per heavy atom. The quantitative estimate of drug-likeness (QED) is 0.552. The van der Waals surface area contributed by atoms with E-state index in [0.717, 1.165) is 29.9 Å². The predicted octanol–water partition coefficient (Wildman–Crippen LogP) is 1.70. The molecule has 21 heavy (non-hydrogen) atoms. The van der Waals surface area contributed by atoms with Gasteiger partial charge in [-0.2, -0.15) is 0 Å². The average Bonchev–Trinajstić information content (AvgIpc) is 2.49. The summed E-state index contributed by atoms with van der Waals surface area (Å²) in [7, 11) is 1.68. The van der Waals surface area contributed by atoms with Crippen molar-refractivity contribution in [2.45, 2.75) is 19.6 Å². The Bertz CT molecular complexity index is 438. The number of anilines is 1. The molecule has 118 valence electrons. The van der Waals surface area contributed by atoms with Crippen molar-refractivity contribution in [1.82, 2.24) is 0 Å². The van der Waals surface area contributed by atoms with Gasteiger partial charge in [0.15, 0.2) is 6.79 Å². The van der Waals surface area contributed by atoms with Crippen LogP contribution in [0, 0.1) is 0 Å². The number of rotatable bonds is 9. The molecule has 6 nitrogen and oxygen atoms in total. The van der Waals surface area contributed by atoms with Gasteiger partial charge in [-0.25, -0.2) is 0 Å². The number of methoxy groups -OCH3 is 1. The molecule has 0 aliphatic carbocycles. The van der Waals surface area contributed by atoms with E-state index >= 15 is 0 Å². The van der Waals surface area contributed by atoms with Crippen LogP contribution in [0.3, 0.4) is 0 Å². The zero-order valence-corrected chi connectivity index (χ0v) is 12.4. The van der Waals surface area contributed by atoms with Gasteiger partial charge in [0.2, 0.25) is 0 Å². The second-order valence-electron chi connectivity index (χ2n) is 4.79. The zero-order chi connectivity index (χ0) is 14.9. The number of nitrogens with two attached hydrogens (primary N) is 1. The highest BCUT2D eigenvalue weighted by Crippen LogP contribution is 2.31. The first-order chi connectivity index (χ1) is 10.3. The molecule has 1 aliphatic rings. The summed E-state index contributed by atoms with van der Waals surface area (Å²) in [5, 5.41) is 0. The van der Waals surface area contributed by atoms with Crippen LogP contribution in [-0.4, -0.2) is 40.3 Å². The smallest absolute Gasteiger partial charge is 0.189 e. The molecule has 0 bridgehead atoms. The van der Waals surface area contributed by atoms with Gasteiger partial charge in [-0.1, -0.05) is 0 Å². The maximum absolute atomic E-state index is 5.88. The van der Waals surface area contributed by atoms with Gasteiger partial charge in [0.25, 0.3) is 0 Å². The lowest BCUT2D eigenvalue weighted by molar-refractivity contribution is -0.0191. The van der Waals surface area contributed by atoms with Gasteiger partial charge in [-0.3, -0.25) is 0 Å². The summed E-state index contributed by atoms with van der Waals surface area (Å²) in [6.07, 6.45) is 0.896. The molecule has 0 aromatic heterocycles. The summed E-state index contributed by atoms with van der Waals surface area (Å²) in [5.41, 5.74) is 8.49. The molecular formula is C15H23NO5. The fourth-order valence-electron chi connectivity index (χ4n) is 2.14. The van der Waals surface area contributed by atoms with E-state index in [1.807, 2.05) is 12.1 Å². The van der Waals surface area contributed by atoms with Gasteiger partial charge in [-0.15, -0.1) is 0 Å². The Morgan fingerprint density at radius 3 is 2.86 bits per heavy atom. The second kappa shape index (κ2) is 8.84. The summed E-state index contributed by atoms with van der Waals surface area (Å²) in [4.78, 5) is 0. The number of hydrogen-bond acceptors (Lipinski definition) is 6. The Labute approximate surface area is 125 Å². The number of benzene rings is 1. The van der Waals surface area contributed by atoms with Crippen molar-refractivity contribution in [3.63, 3.8) is 0 Å². The zero-order valence-electron chi connectivity index (χ0n) is 12.4. The summed E-state index contributed by atoms with van der Waals surface area (Å²) in [6, 6.07) is 3.75. The van der Waals surface area contributed by atoms with Gasteiger partial charge in [0.05, 0.1) is 26.4 Å². The summed E-state index contributed by atoms with van der Waals surface area (Å²) in [5.74, 6) is 0.830. The van der Waals surface area contributed by atoms with Crippen molar-refractivity contribution in [3.05, 3.63) is 23.3 Å². The van der Waals surface area contributed by atoms with Gasteiger partial charge < -0.3 is 29.4 Å². The van der Waals surface area contributed by atoms with Crippen molar-refractivity contribution in [2.24, 2.45) is 0 Å². The summed E-state index contributed by atoms with van der Waals surface area (Å²) >= 11 is 0. The van der Waals surface area contributed by atoms with E-state index in [-0.39, 0.29) is 6.79 Å². The molecule has 0 saturated carbocycles. The van der Waals surface area contributed by atoms with Gasteiger partial charge in [0.1, 0.15) is 5.75 Å². The van der Waals surface area contributed by atoms with E-state index in [0.29, 0.717) is 38.7 Å². The standard InChI is InChI=1S/C15H23NO5/c1-17-3-2-4-18-5-6-19-9-12-7-14(16)8-13-10-20-11-21-15(12)13/h7-8H,2-6,9-11,16H2,1H3. The highest BCUT2D eigenvalue weighted by Gasteiger charge is 2.16. The summed E-state index contributed by atoms with van der Waals surface area (Å²) in [6.45, 7) is 3.75. The Kier molecular flexibility index (Phi) is 6.75. The minimum atomic E-state index is 0.270. The third-order valence-corrected chi connectivity index (χ3v) is 3.08. The molecule has 1 heterocycles. The molecule has 1 aromatic carbocycles. The topological polar surface area (TPSA) is 72.2 Å². The average molecular weight is 297 g/mol. The van der Waals surface area contributed by atoms with E-state index in [2.05, 4.69) is 0 Å². The predicted molar refractivity (Wildman–Crippen MR) is 78.1 cm³/mol. The first kappa shape index (κ1) is 16.0. The molecule has 0 atom stereocenters. The van der Waals surface area contributed by atoms with Gasteiger partial charge in [-0.05, 0) is 18.6 Å². The maximum atomic E-state index is 5.88. The molecule has 1 aromatic rings. The van der Waals surface area contributed by atoms with Crippen LogP contribution in [0.25, 0.3) is 0 Å². The van der Waals surface area contributed by atoms with Crippen LogP contribution < -0.4 is 10.5 Å². The maximum Gasteiger partial charge on any atom is 0.189 e. The van der Waals surface area contributed by atoms with Crippen LogP contribution in [0.1, 0.15) is 17.5 Å². The molecule has 0 spiro atoms. The van der Waals surface area contributed by atoms with Crippen molar-refractivity contribution < 1.29 is 23.7 Å². The number of nitrogen functional groups attached to an aromatic ring is 1. The van der Waals surface area contributed by atoms with Crippen molar-refractivity contribution in [1.29, 1.82) is 0 Å². The van der Waals surface area contributed by atoms with E-state index < -0.39 is 0 Å². The first-order valence-electron chi connectivity index (χ1n) is 7.07. The SMILES string of the molecule is COCCCOCCOCc1cc(N)cc2c1OCOC2. The van der Waals surface area contributed by atoms with Gasteiger partial charge >= 0.3 is 0 Å². The van der Waals surface area contributed by atoms with E-state index in [4.69, 9.17) is 29.4 Å². The van der Waals surface area contributed by atoms with Crippen molar-refractivity contribution in [3.8, 4) is 5.75 Å². The third kappa shape index (κ3) is 5.17. The lowest BCUT2D eigenvalue weighted by Gasteiger charge is -2.21. The fraction of sp³-hybridized carbons (Fsp3) is 0.600. The minimum Gasteiger partial charge on any atom is -0.467 e. The van der Waals surface area contributed by atoms with Crippen molar-refractivity contribution in [2.75, 3.05) is 46.1 Å². The van der Waals surface area contributed by atoms with Crippen LogP contribution >= 0.6 is 0 Å². The van der Waals surface area contributed by atoms with E-state index in [1.54, 1.807) is 7.11 Å². The molecule has 0 unspecified atom stereocenters. The molecule has 0 fully saturated rings.